The predicted octanol–water partition coefficient (Wildman–Crippen LogP) is 11.8. The summed E-state index contributed by atoms with van der Waals surface area (Å²) in [6.07, 6.45) is 1.12. The van der Waals surface area contributed by atoms with E-state index in [2.05, 4.69) is 183 Å². The maximum absolute atomic E-state index is 2.33. The van der Waals surface area contributed by atoms with Crippen LogP contribution < -0.4 is 4.90 Å². The van der Waals surface area contributed by atoms with Crippen molar-refractivity contribution in [3.63, 3.8) is 0 Å². The van der Waals surface area contributed by atoms with E-state index in [9.17, 15) is 0 Å². The molecule has 0 atom stereocenters. The fourth-order valence-electron chi connectivity index (χ4n) is 5.44. The van der Waals surface area contributed by atoms with E-state index in [-0.39, 0.29) is 5.41 Å². The average molecular weight is 544 g/mol. The van der Waals surface area contributed by atoms with Crippen molar-refractivity contribution in [2.45, 2.75) is 32.6 Å². The van der Waals surface area contributed by atoms with Crippen LogP contribution in [0.15, 0.2) is 158 Å². The van der Waals surface area contributed by atoms with Crippen molar-refractivity contribution < 1.29 is 0 Å². The second-order valence-corrected chi connectivity index (χ2v) is 11.5. The Labute approximate surface area is 250 Å². The molecule has 42 heavy (non-hydrogen) atoms. The van der Waals surface area contributed by atoms with Gasteiger partial charge in [0.1, 0.15) is 0 Å². The van der Waals surface area contributed by atoms with Crippen LogP contribution in [0.1, 0.15) is 32.8 Å². The first-order chi connectivity index (χ1) is 20.5. The van der Waals surface area contributed by atoms with E-state index in [0.29, 0.717) is 0 Å². The van der Waals surface area contributed by atoms with Crippen molar-refractivity contribution in [3.05, 3.63) is 163 Å². The summed E-state index contributed by atoms with van der Waals surface area (Å²) in [5, 5.41) is 0. The van der Waals surface area contributed by atoms with Crippen LogP contribution >= 0.6 is 0 Å². The van der Waals surface area contributed by atoms with Crippen LogP contribution in [0.3, 0.4) is 0 Å². The summed E-state index contributed by atoms with van der Waals surface area (Å²) in [4.78, 5) is 2.33. The fourth-order valence-corrected chi connectivity index (χ4v) is 5.44. The molecule has 206 valence electrons. The zero-order chi connectivity index (χ0) is 28.9. The normalized spacial score (nSPS) is 11.3. The Morgan fingerprint density at radius 2 is 0.667 bits per heavy atom. The second kappa shape index (κ2) is 11.9. The van der Waals surface area contributed by atoms with E-state index in [1.165, 1.54) is 38.9 Å². The molecule has 1 heteroatoms. The number of anilines is 3. The molecule has 0 N–H and O–H groups in total. The van der Waals surface area contributed by atoms with Crippen LogP contribution in [0.4, 0.5) is 17.1 Å². The predicted molar refractivity (Wildman–Crippen MR) is 181 cm³/mol. The molecule has 0 saturated carbocycles. The Bertz CT molecular complexity index is 1630. The molecule has 0 heterocycles. The van der Waals surface area contributed by atoms with Gasteiger partial charge in [0.15, 0.2) is 0 Å². The van der Waals surface area contributed by atoms with Gasteiger partial charge in [-0.05, 0) is 87.2 Å². The molecule has 0 saturated heterocycles. The Morgan fingerprint density at radius 1 is 0.381 bits per heavy atom. The van der Waals surface area contributed by atoms with Crippen LogP contribution in [0.5, 0.6) is 0 Å². The molecule has 0 bridgehead atoms. The summed E-state index contributed by atoms with van der Waals surface area (Å²) < 4.78 is 0. The third-order valence-corrected chi connectivity index (χ3v) is 8.47. The molecule has 0 aliphatic heterocycles. The lowest BCUT2D eigenvalue weighted by Crippen LogP contribution is -2.14. The van der Waals surface area contributed by atoms with Gasteiger partial charge in [-0.25, -0.2) is 0 Å². The van der Waals surface area contributed by atoms with Gasteiger partial charge >= 0.3 is 0 Å². The molecule has 0 unspecified atom stereocenters. The largest absolute Gasteiger partial charge is 0.311 e. The smallest absolute Gasteiger partial charge is 0.0462 e. The van der Waals surface area contributed by atoms with E-state index in [1.54, 1.807) is 0 Å². The molecule has 0 spiro atoms. The van der Waals surface area contributed by atoms with Crippen LogP contribution in [-0.4, -0.2) is 0 Å². The van der Waals surface area contributed by atoms with Gasteiger partial charge in [0.2, 0.25) is 0 Å². The molecule has 0 radical (unpaired) electrons. The molecule has 6 aromatic carbocycles. The fraction of sp³-hybridized carbons (Fsp3) is 0.122. The minimum Gasteiger partial charge on any atom is -0.311 e. The number of rotatable bonds is 8. The van der Waals surface area contributed by atoms with Gasteiger partial charge in [0.25, 0.3) is 0 Å². The lowest BCUT2D eigenvalue weighted by atomic mass is 9.82. The van der Waals surface area contributed by atoms with Crippen LogP contribution in [0.2, 0.25) is 0 Å². The van der Waals surface area contributed by atoms with Gasteiger partial charge in [0.05, 0.1) is 0 Å². The summed E-state index contributed by atoms with van der Waals surface area (Å²) in [5.74, 6) is 0. The average Bonchev–Trinajstić information content (AvgIpc) is 3.07. The van der Waals surface area contributed by atoms with Crippen molar-refractivity contribution in [3.8, 4) is 33.4 Å². The molecule has 6 rings (SSSR count). The molecular formula is C41H37N. The third-order valence-electron chi connectivity index (χ3n) is 8.47. The first-order valence-corrected chi connectivity index (χ1v) is 14.8. The number of benzene rings is 6. The van der Waals surface area contributed by atoms with Gasteiger partial charge in [-0.1, -0.05) is 142 Å². The zero-order valence-electron chi connectivity index (χ0n) is 24.7. The van der Waals surface area contributed by atoms with Gasteiger partial charge in [-0.2, -0.15) is 0 Å². The van der Waals surface area contributed by atoms with Crippen molar-refractivity contribution >= 4 is 17.1 Å². The van der Waals surface area contributed by atoms with E-state index in [1.807, 2.05) is 0 Å². The molecule has 1 nitrogen and oxygen atoms in total. The van der Waals surface area contributed by atoms with E-state index in [4.69, 9.17) is 0 Å². The summed E-state index contributed by atoms with van der Waals surface area (Å²) in [5.41, 5.74) is 12.3. The molecule has 6 aromatic rings. The lowest BCUT2D eigenvalue weighted by Gasteiger charge is -2.26. The molecular weight excluding hydrogens is 506 g/mol. The SMILES string of the molecule is CCC(C)(C)c1ccc(-c2ccc(N(c3ccc(-c4ccccc4)cc3)c3ccc(-c4ccccc4)cc3)cc2)cc1. The van der Waals surface area contributed by atoms with Crippen LogP contribution in [-0.2, 0) is 5.41 Å². The zero-order valence-corrected chi connectivity index (χ0v) is 24.7. The van der Waals surface area contributed by atoms with E-state index < -0.39 is 0 Å². The second-order valence-electron chi connectivity index (χ2n) is 11.5. The van der Waals surface area contributed by atoms with Gasteiger partial charge in [-0.15, -0.1) is 0 Å². The van der Waals surface area contributed by atoms with E-state index >= 15 is 0 Å². The summed E-state index contributed by atoms with van der Waals surface area (Å²) >= 11 is 0. The van der Waals surface area contributed by atoms with Crippen LogP contribution in [0.25, 0.3) is 33.4 Å². The summed E-state index contributed by atoms with van der Waals surface area (Å²) in [7, 11) is 0. The van der Waals surface area contributed by atoms with Gasteiger partial charge < -0.3 is 4.90 Å². The molecule has 0 aromatic heterocycles. The van der Waals surface area contributed by atoms with Gasteiger partial charge in [0, 0.05) is 17.1 Å². The van der Waals surface area contributed by atoms with E-state index in [0.717, 1.165) is 23.5 Å². The van der Waals surface area contributed by atoms with Crippen LogP contribution in [0, 0.1) is 0 Å². The Morgan fingerprint density at radius 3 is 0.976 bits per heavy atom. The standard InChI is InChI=1S/C41H37N/c1-4-41(2,3)37-23-15-33(16-24-37)36-21-29-40(30-22-36)42(38-25-17-34(18-26-38)31-11-7-5-8-12-31)39-27-19-35(20-28-39)32-13-9-6-10-14-32/h5-30H,4H2,1-3H3. The van der Waals surface area contributed by atoms with Crippen molar-refractivity contribution in [2.24, 2.45) is 0 Å². The maximum Gasteiger partial charge on any atom is 0.0462 e. The number of hydrogen-bond acceptors (Lipinski definition) is 1. The lowest BCUT2D eigenvalue weighted by molar-refractivity contribution is 0.506. The quantitative estimate of drug-likeness (QED) is 0.184. The highest BCUT2D eigenvalue weighted by Gasteiger charge is 2.18. The Hall–Kier alpha value is -4.88. The molecule has 0 fully saturated rings. The Balaban J connectivity index is 1.34. The first kappa shape index (κ1) is 27.3. The first-order valence-electron chi connectivity index (χ1n) is 14.8. The third kappa shape index (κ3) is 5.78. The monoisotopic (exact) mass is 543 g/mol. The van der Waals surface area contributed by atoms with Gasteiger partial charge in [-0.3, -0.25) is 0 Å². The molecule has 0 amide bonds. The number of hydrogen-bond donors (Lipinski definition) is 0. The summed E-state index contributed by atoms with van der Waals surface area (Å²) in [6.45, 7) is 6.87. The highest BCUT2D eigenvalue weighted by molar-refractivity contribution is 5.81. The molecule has 0 aliphatic carbocycles. The van der Waals surface area contributed by atoms with Crippen molar-refractivity contribution in [1.82, 2.24) is 0 Å². The molecule has 0 aliphatic rings. The van der Waals surface area contributed by atoms with Crippen molar-refractivity contribution in [2.75, 3.05) is 4.90 Å². The highest BCUT2D eigenvalue weighted by atomic mass is 15.1. The number of nitrogens with zero attached hydrogens (tertiary/aromatic N) is 1. The Kier molecular flexibility index (Phi) is 7.75. The minimum atomic E-state index is 0.189. The highest BCUT2D eigenvalue weighted by Crippen LogP contribution is 2.38. The minimum absolute atomic E-state index is 0.189. The summed E-state index contributed by atoms with van der Waals surface area (Å²) in [6, 6.07) is 56.8. The maximum atomic E-state index is 2.33. The topological polar surface area (TPSA) is 3.24 Å². The van der Waals surface area contributed by atoms with Crippen molar-refractivity contribution in [1.29, 1.82) is 0 Å².